The van der Waals surface area contributed by atoms with Crippen LogP contribution in [0, 0.1) is 5.92 Å². The van der Waals surface area contributed by atoms with Gasteiger partial charge in [-0.05, 0) is 35.9 Å². The third-order valence-corrected chi connectivity index (χ3v) is 5.98. The Labute approximate surface area is 186 Å². The minimum atomic E-state index is -1.94. The fourth-order valence-electron chi connectivity index (χ4n) is 3.97. The Morgan fingerprint density at radius 3 is 2.39 bits per heavy atom. The van der Waals surface area contributed by atoms with Crippen molar-refractivity contribution in [1.29, 1.82) is 0 Å². The number of benzene rings is 3. The van der Waals surface area contributed by atoms with Gasteiger partial charge in [0, 0.05) is 22.7 Å². The molecule has 0 spiro atoms. The quantitative estimate of drug-likeness (QED) is 0.552. The summed E-state index contributed by atoms with van der Waals surface area (Å²) >= 11 is 5.92. The highest BCUT2D eigenvalue weighted by Crippen LogP contribution is 2.45. The van der Waals surface area contributed by atoms with E-state index in [0.717, 1.165) is 5.56 Å². The molecule has 0 saturated heterocycles. The van der Waals surface area contributed by atoms with Gasteiger partial charge in [0.1, 0.15) is 0 Å². The number of carbonyl (C=O) groups is 2. The van der Waals surface area contributed by atoms with E-state index in [1.807, 2.05) is 48.6 Å². The van der Waals surface area contributed by atoms with E-state index < -0.39 is 17.4 Å². The van der Waals surface area contributed by atoms with Crippen molar-refractivity contribution < 1.29 is 14.7 Å². The van der Waals surface area contributed by atoms with Crippen LogP contribution in [0.15, 0.2) is 84.9 Å². The average Bonchev–Trinajstić information content (AvgIpc) is 3.02. The number of anilines is 1. The fourth-order valence-corrected chi connectivity index (χ4v) is 4.10. The first-order valence-corrected chi connectivity index (χ1v) is 10.5. The van der Waals surface area contributed by atoms with Crippen molar-refractivity contribution >= 4 is 35.1 Å². The van der Waals surface area contributed by atoms with Crippen molar-refractivity contribution in [2.24, 2.45) is 5.92 Å². The fraction of sp³-hybridized carbons (Fsp3) is 0.154. The molecule has 4 rings (SSSR count). The Hall–Kier alpha value is -3.21. The van der Waals surface area contributed by atoms with Gasteiger partial charge in [-0.1, -0.05) is 79.2 Å². The summed E-state index contributed by atoms with van der Waals surface area (Å²) in [6.07, 6.45) is 3.80. The molecule has 1 amide bonds. The summed E-state index contributed by atoms with van der Waals surface area (Å²) in [5, 5.41) is 12.1. The van der Waals surface area contributed by atoms with E-state index in [-0.39, 0.29) is 12.3 Å². The first-order chi connectivity index (χ1) is 14.9. The van der Waals surface area contributed by atoms with Crippen molar-refractivity contribution in [2.45, 2.75) is 12.5 Å². The monoisotopic (exact) mass is 431 g/mol. The van der Waals surface area contributed by atoms with Gasteiger partial charge in [-0.25, -0.2) is 0 Å². The number of amides is 1. The Morgan fingerprint density at radius 2 is 1.68 bits per heavy atom. The number of ketones is 1. The van der Waals surface area contributed by atoms with Crippen LogP contribution in [0.4, 0.5) is 5.69 Å². The van der Waals surface area contributed by atoms with Gasteiger partial charge in [0.25, 0.3) is 5.91 Å². The number of para-hydroxylation sites is 1. The summed E-state index contributed by atoms with van der Waals surface area (Å²) in [6, 6.07) is 23.3. The highest BCUT2D eigenvalue weighted by Gasteiger charge is 2.54. The van der Waals surface area contributed by atoms with E-state index in [9.17, 15) is 14.7 Å². The zero-order valence-electron chi connectivity index (χ0n) is 17.0. The van der Waals surface area contributed by atoms with Crippen LogP contribution in [-0.2, 0) is 10.4 Å². The lowest BCUT2D eigenvalue weighted by Crippen LogP contribution is -2.47. The number of halogens is 1. The second-order valence-corrected chi connectivity index (χ2v) is 8.04. The molecular formula is C26H22ClNO3. The Bertz CT molecular complexity index is 1140. The van der Waals surface area contributed by atoms with Crippen molar-refractivity contribution in [3.8, 4) is 0 Å². The second-order valence-electron chi connectivity index (χ2n) is 7.61. The van der Waals surface area contributed by atoms with Gasteiger partial charge in [0.05, 0.1) is 11.6 Å². The highest BCUT2D eigenvalue weighted by molar-refractivity contribution is 6.30. The third-order valence-electron chi connectivity index (χ3n) is 5.72. The van der Waals surface area contributed by atoms with Gasteiger partial charge in [0.2, 0.25) is 0 Å². The molecule has 4 nitrogen and oxygen atoms in total. The predicted octanol–water partition coefficient (Wildman–Crippen LogP) is 5.11. The minimum absolute atomic E-state index is 0.287. The van der Waals surface area contributed by atoms with E-state index in [1.54, 1.807) is 49.4 Å². The molecule has 1 aliphatic rings. The number of hydrogen-bond donors (Lipinski definition) is 1. The maximum absolute atomic E-state index is 13.4. The molecule has 5 heteroatoms. The van der Waals surface area contributed by atoms with E-state index >= 15 is 0 Å². The lowest BCUT2D eigenvalue weighted by Gasteiger charge is -2.28. The van der Waals surface area contributed by atoms with E-state index in [2.05, 4.69) is 0 Å². The van der Waals surface area contributed by atoms with Crippen molar-refractivity contribution in [3.63, 3.8) is 0 Å². The molecule has 3 aromatic carbocycles. The van der Waals surface area contributed by atoms with Gasteiger partial charge in [-0.3, -0.25) is 9.59 Å². The van der Waals surface area contributed by atoms with Crippen LogP contribution >= 0.6 is 11.6 Å². The van der Waals surface area contributed by atoms with E-state index in [1.165, 1.54) is 4.90 Å². The molecule has 1 heterocycles. The molecular weight excluding hydrogens is 410 g/mol. The lowest BCUT2D eigenvalue weighted by molar-refractivity contribution is -0.139. The maximum atomic E-state index is 13.4. The largest absolute Gasteiger partial charge is 0.375 e. The van der Waals surface area contributed by atoms with Crippen molar-refractivity contribution in [2.75, 3.05) is 11.4 Å². The van der Waals surface area contributed by atoms with Gasteiger partial charge in [-0.2, -0.15) is 0 Å². The summed E-state index contributed by atoms with van der Waals surface area (Å²) < 4.78 is 0. The van der Waals surface area contributed by atoms with Crippen LogP contribution < -0.4 is 4.90 Å². The number of rotatable bonds is 6. The summed E-state index contributed by atoms with van der Waals surface area (Å²) in [5.41, 5.74) is 0.543. The topological polar surface area (TPSA) is 57.6 Å². The summed E-state index contributed by atoms with van der Waals surface area (Å²) in [7, 11) is 0. The summed E-state index contributed by atoms with van der Waals surface area (Å²) in [5.74, 6) is -1.78. The Kier molecular flexibility index (Phi) is 5.77. The normalized spacial score (nSPS) is 18.9. The molecule has 156 valence electrons. The molecule has 0 fully saturated rings. The minimum Gasteiger partial charge on any atom is -0.375 e. The molecule has 31 heavy (non-hydrogen) atoms. The van der Waals surface area contributed by atoms with Gasteiger partial charge >= 0.3 is 0 Å². The molecule has 2 unspecified atom stereocenters. The number of aliphatic hydroxyl groups is 1. The first kappa shape index (κ1) is 21.0. The van der Waals surface area contributed by atoms with E-state index in [4.69, 9.17) is 11.6 Å². The lowest BCUT2D eigenvalue weighted by atomic mass is 9.79. The molecule has 0 radical (unpaired) electrons. The second kappa shape index (κ2) is 8.50. The number of Topliss-reactive ketones (excluding diaryl/α,β-unsaturated/α-hetero) is 1. The molecule has 0 bridgehead atoms. The molecule has 0 aliphatic carbocycles. The van der Waals surface area contributed by atoms with Crippen molar-refractivity contribution in [1.82, 2.24) is 0 Å². The van der Waals surface area contributed by atoms with Gasteiger partial charge in [-0.15, -0.1) is 0 Å². The number of carbonyl (C=O) groups excluding carboxylic acids is 2. The zero-order chi connectivity index (χ0) is 22.0. The number of hydrogen-bond acceptors (Lipinski definition) is 3. The predicted molar refractivity (Wildman–Crippen MR) is 123 cm³/mol. The number of nitrogens with zero attached hydrogens (tertiary/aromatic N) is 1. The highest BCUT2D eigenvalue weighted by atomic mass is 35.5. The van der Waals surface area contributed by atoms with Crippen LogP contribution in [0.5, 0.6) is 0 Å². The summed E-state index contributed by atoms with van der Waals surface area (Å²) in [6.45, 7) is 1.88. The van der Waals surface area contributed by atoms with Crippen LogP contribution in [-0.4, -0.2) is 23.3 Å². The molecule has 1 aliphatic heterocycles. The SMILES string of the molecule is CC(C(=O)c1ccc(Cl)cc1)C1(O)C(=O)N(C/C=C/c2ccccc2)c2ccccc21. The Balaban J connectivity index is 1.65. The molecule has 0 saturated carbocycles. The standard InChI is InChI=1S/C26H22ClNO3/c1-18(24(29)20-13-15-21(27)16-14-20)26(31)22-11-5-6-12-23(22)28(25(26)30)17-7-10-19-8-3-2-4-9-19/h2-16,18,31H,17H2,1H3/b10-7+. The molecule has 1 N–H and O–H groups in total. The van der Waals surface area contributed by atoms with Crippen LogP contribution in [0.2, 0.25) is 5.02 Å². The number of fused-ring (bicyclic) bond motifs is 1. The third kappa shape index (κ3) is 3.80. The summed E-state index contributed by atoms with van der Waals surface area (Å²) in [4.78, 5) is 28.1. The Morgan fingerprint density at radius 1 is 1.03 bits per heavy atom. The van der Waals surface area contributed by atoms with Crippen LogP contribution in [0.3, 0.4) is 0 Å². The molecule has 0 aromatic heterocycles. The van der Waals surface area contributed by atoms with Crippen LogP contribution in [0.1, 0.15) is 28.4 Å². The zero-order valence-corrected chi connectivity index (χ0v) is 17.8. The van der Waals surface area contributed by atoms with Gasteiger partial charge < -0.3 is 10.0 Å². The van der Waals surface area contributed by atoms with Gasteiger partial charge in [0.15, 0.2) is 11.4 Å². The van der Waals surface area contributed by atoms with Crippen LogP contribution in [0.25, 0.3) is 6.08 Å². The average molecular weight is 432 g/mol. The molecule has 3 aromatic rings. The maximum Gasteiger partial charge on any atom is 0.264 e. The first-order valence-electron chi connectivity index (χ1n) is 10.1. The molecule has 2 atom stereocenters. The van der Waals surface area contributed by atoms with E-state index in [0.29, 0.717) is 21.8 Å². The van der Waals surface area contributed by atoms with Crippen molar-refractivity contribution in [3.05, 3.63) is 107 Å². The smallest absolute Gasteiger partial charge is 0.264 e.